The van der Waals surface area contributed by atoms with Crippen LogP contribution in [0.3, 0.4) is 0 Å². The molecule has 1 N–H and O–H groups in total. The minimum absolute atomic E-state index is 0.0219. The zero-order chi connectivity index (χ0) is 22.8. The van der Waals surface area contributed by atoms with E-state index in [1.54, 1.807) is 0 Å². The number of rotatable bonds is 4. The van der Waals surface area contributed by atoms with Crippen molar-refractivity contribution in [1.29, 1.82) is 0 Å². The third-order valence-corrected chi connectivity index (χ3v) is 5.62. The molecular formula is C22H26ClF3N4O. The summed E-state index contributed by atoms with van der Waals surface area (Å²) in [5.41, 5.74) is 3.17. The number of nitrogens with one attached hydrogen (secondary N) is 1. The van der Waals surface area contributed by atoms with Crippen LogP contribution < -0.4 is 10.2 Å². The Balaban J connectivity index is 1.61. The Kier molecular flexibility index (Phi) is 7.11. The lowest BCUT2D eigenvalue weighted by Gasteiger charge is -2.24. The van der Waals surface area contributed by atoms with E-state index in [0.717, 1.165) is 41.1 Å². The first-order valence-electron chi connectivity index (χ1n) is 10.1. The number of aromatic nitrogens is 1. The monoisotopic (exact) mass is 454 g/mol. The normalized spacial score (nSPS) is 15.6. The Morgan fingerprint density at radius 2 is 1.77 bits per heavy atom. The van der Waals surface area contributed by atoms with Gasteiger partial charge < -0.3 is 10.2 Å². The smallest absolute Gasteiger partial charge is 0.354 e. The van der Waals surface area contributed by atoms with Crippen molar-refractivity contribution in [2.45, 2.75) is 33.4 Å². The molecule has 0 unspecified atom stereocenters. The summed E-state index contributed by atoms with van der Waals surface area (Å²) in [6, 6.07) is 4.98. The van der Waals surface area contributed by atoms with Gasteiger partial charge in [0.15, 0.2) is 0 Å². The summed E-state index contributed by atoms with van der Waals surface area (Å²) in [6.45, 7) is 8.62. The first kappa shape index (κ1) is 23.3. The maximum atomic E-state index is 12.8. The van der Waals surface area contributed by atoms with Gasteiger partial charge in [-0.15, -0.1) is 0 Å². The van der Waals surface area contributed by atoms with Crippen LogP contribution in [0.25, 0.3) is 0 Å². The number of benzene rings is 1. The molecule has 1 aliphatic rings. The largest absolute Gasteiger partial charge is 0.417 e. The van der Waals surface area contributed by atoms with E-state index in [0.29, 0.717) is 32.0 Å². The average molecular weight is 455 g/mol. The van der Waals surface area contributed by atoms with Crippen LogP contribution in [-0.4, -0.2) is 48.5 Å². The fourth-order valence-electron chi connectivity index (χ4n) is 3.92. The third kappa shape index (κ3) is 5.89. The quantitative estimate of drug-likeness (QED) is 0.719. The number of halogens is 4. The van der Waals surface area contributed by atoms with Crippen LogP contribution >= 0.6 is 11.6 Å². The number of aryl methyl sites for hydroxylation is 3. The standard InChI is InChI=1S/C22H26ClF3N4O/c1-14-9-15(2)20(16(3)10-14)28-19(31)13-29-5-4-6-30(8-7-29)21-18(23)11-17(12-27-21)22(24,25)26/h9-12H,4-8,13H2,1-3H3,(H,28,31). The summed E-state index contributed by atoms with van der Waals surface area (Å²) in [6.07, 6.45) is -2.93. The SMILES string of the molecule is Cc1cc(C)c(NC(=O)CN2CCCN(c3ncc(C(F)(F)F)cc3Cl)CC2)c(C)c1. The first-order chi connectivity index (χ1) is 14.5. The topological polar surface area (TPSA) is 48.5 Å². The van der Waals surface area contributed by atoms with E-state index in [4.69, 9.17) is 11.6 Å². The summed E-state index contributed by atoms with van der Waals surface area (Å²) < 4.78 is 38.5. The van der Waals surface area contributed by atoms with Gasteiger partial charge >= 0.3 is 6.18 Å². The molecule has 0 aliphatic carbocycles. The van der Waals surface area contributed by atoms with Crippen molar-refractivity contribution in [2.24, 2.45) is 0 Å². The Morgan fingerprint density at radius 1 is 1.10 bits per heavy atom. The predicted molar refractivity (Wildman–Crippen MR) is 117 cm³/mol. The molecule has 1 aliphatic heterocycles. The lowest BCUT2D eigenvalue weighted by Crippen LogP contribution is -2.36. The van der Waals surface area contributed by atoms with Crippen molar-refractivity contribution in [3.8, 4) is 0 Å². The highest BCUT2D eigenvalue weighted by molar-refractivity contribution is 6.33. The number of carbonyl (C=O) groups is 1. The molecule has 1 saturated heterocycles. The Bertz CT molecular complexity index is 941. The summed E-state index contributed by atoms with van der Waals surface area (Å²) in [5, 5.41) is 2.99. The minimum Gasteiger partial charge on any atom is -0.354 e. The zero-order valence-electron chi connectivity index (χ0n) is 17.8. The van der Waals surface area contributed by atoms with Gasteiger partial charge in [-0.2, -0.15) is 13.2 Å². The molecule has 31 heavy (non-hydrogen) atoms. The van der Waals surface area contributed by atoms with Gasteiger partial charge in [0.05, 0.1) is 17.1 Å². The number of carbonyl (C=O) groups excluding carboxylic acids is 1. The second kappa shape index (κ2) is 9.44. The molecule has 1 aromatic carbocycles. The molecule has 0 radical (unpaired) electrons. The number of hydrogen-bond donors (Lipinski definition) is 1. The molecule has 1 aromatic heterocycles. The second-order valence-electron chi connectivity index (χ2n) is 7.97. The van der Waals surface area contributed by atoms with Gasteiger partial charge in [-0.05, 0) is 44.4 Å². The molecule has 0 atom stereocenters. The first-order valence-corrected chi connectivity index (χ1v) is 10.5. The molecule has 9 heteroatoms. The average Bonchev–Trinajstić information content (AvgIpc) is 2.89. The molecule has 3 rings (SSSR count). The van der Waals surface area contributed by atoms with Crippen molar-refractivity contribution in [1.82, 2.24) is 9.88 Å². The van der Waals surface area contributed by atoms with Crippen molar-refractivity contribution in [3.05, 3.63) is 51.7 Å². The molecule has 0 spiro atoms. The van der Waals surface area contributed by atoms with Gasteiger partial charge in [0.25, 0.3) is 0 Å². The molecule has 1 fully saturated rings. The molecule has 0 bridgehead atoms. The van der Waals surface area contributed by atoms with Gasteiger partial charge in [-0.3, -0.25) is 9.69 Å². The Labute approximate surface area is 185 Å². The van der Waals surface area contributed by atoms with Gasteiger partial charge in [0.2, 0.25) is 5.91 Å². The van der Waals surface area contributed by atoms with Crippen LogP contribution in [0, 0.1) is 20.8 Å². The number of hydrogen-bond acceptors (Lipinski definition) is 4. The number of anilines is 2. The van der Waals surface area contributed by atoms with Crippen molar-refractivity contribution < 1.29 is 18.0 Å². The minimum atomic E-state index is -4.48. The van der Waals surface area contributed by atoms with Gasteiger partial charge in [-0.25, -0.2) is 4.98 Å². The summed E-state index contributed by atoms with van der Waals surface area (Å²) in [7, 11) is 0. The molecule has 0 saturated carbocycles. The van der Waals surface area contributed by atoms with Crippen LogP contribution in [0.5, 0.6) is 0 Å². The summed E-state index contributed by atoms with van der Waals surface area (Å²) in [4.78, 5) is 20.5. The molecule has 1 amide bonds. The van der Waals surface area contributed by atoms with E-state index in [2.05, 4.69) is 10.3 Å². The fourth-order valence-corrected chi connectivity index (χ4v) is 4.20. The molecule has 168 valence electrons. The highest BCUT2D eigenvalue weighted by Gasteiger charge is 2.32. The van der Waals surface area contributed by atoms with E-state index >= 15 is 0 Å². The molecular weight excluding hydrogens is 429 g/mol. The van der Waals surface area contributed by atoms with Crippen molar-refractivity contribution >= 4 is 29.0 Å². The summed E-state index contributed by atoms with van der Waals surface area (Å²) in [5.74, 6) is 0.251. The molecule has 2 aromatic rings. The lowest BCUT2D eigenvalue weighted by molar-refractivity contribution is -0.137. The van der Waals surface area contributed by atoms with Gasteiger partial charge in [0.1, 0.15) is 5.82 Å². The fraction of sp³-hybridized carbons (Fsp3) is 0.455. The predicted octanol–water partition coefficient (Wildman–Crippen LogP) is 4.83. The second-order valence-corrected chi connectivity index (χ2v) is 8.37. The Morgan fingerprint density at radius 3 is 2.39 bits per heavy atom. The van der Waals surface area contributed by atoms with Crippen LogP contribution in [0.15, 0.2) is 24.4 Å². The number of alkyl halides is 3. The molecule has 2 heterocycles. The van der Waals surface area contributed by atoms with E-state index in [9.17, 15) is 18.0 Å². The maximum Gasteiger partial charge on any atom is 0.417 e. The highest BCUT2D eigenvalue weighted by Crippen LogP contribution is 2.33. The lowest BCUT2D eigenvalue weighted by atomic mass is 10.1. The summed E-state index contributed by atoms with van der Waals surface area (Å²) >= 11 is 6.09. The van der Waals surface area contributed by atoms with Gasteiger partial charge in [0, 0.05) is 38.1 Å². The van der Waals surface area contributed by atoms with E-state index < -0.39 is 11.7 Å². The number of pyridine rings is 1. The van der Waals surface area contributed by atoms with Crippen LogP contribution in [0.1, 0.15) is 28.7 Å². The Hall–Kier alpha value is -2.32. The van der Waals surface area contributed by atoms with Crippen LogP contribution in [-0.2, 0) is 11.0 Å². The van der Waals surface area contributed by atoms with Gasteiger partial charge in [-0.1, -0.05) is 29.3 Å². The van der Waals surface area contributed by atoms with Crippen LogP contribution in [0.2, 0.25) is 5.02 Å². The zero-order valence-corrected chi connectivity index (χ0v) is 18.6. The van der Waals surface area contributed by atoms with E-state index in [-0.39, 0.29) is 17.5 Å². The van der Waals surface area contributed by atoms with Crippen LogP contribution in [0.4, 0.5) is 24.7 Å². The third-order valence-electron chi connectivity index (χ3n) is 5.35. The number of amides is 1. The molecule has 5 nitrogen and oxygen atoms in total. The van der Waals surface area contributed by atoms with Crippen molar-refractivity contribution in [2.75, 3.05) is 42.9 Å². The maximum absolute atomic E-state index is 12.8. The highest BCUT2D eigenvalue weighted by atomic mass is 35.5. The van der Waals surface area contributed by atoms with E-state index in [1.165, 1.54) is 0 Å². The number of nitrogens with zero attached hydrogens (tertiary/aromatic N) is 3. The van der Waals surface area contributed by atoms with E-state index in [1.807, 2.05) is 42.7 Å². The van der Waals surface area contributed by atoms with Crippen molar-refractivity contribution in [3.63, 3.8) is 0 Å².